The zero-order valence-electron chi connectivity index (χ0n) is 11.1. The number of hydrogen-bond donors (Lipinski definition) is 2. The van der Waals surface area contributed by atoms with Crippen LogP contribution in [-0.2, 0) is 11.2 Å². The van der Waals surface area contributed by atoms with Gasteiger partial charge in [-0.1, -0.05) is 12.1 Å². The molecule has 1 aromatic rings. The minimum atomic E-state index is -0.0379. The molecule has 2 rings (SSSR count). The number of carbonyl (C=O) groups excluding carboxylic acids is 1. The molecule has 0 aliphatic carbocycles. The second kappa shape index (κ2) is 7.40. The predicted molar refractivity (Wildman–Crippen MR) is 78.8 cm³/mol. The smallest absolute Gasteiger partial charge is 0.238 e. The van der Waals surface area contributed by atoms with Crippen LogP contribution in [0.5, 0.6) is 5.75 Å². The molecule has 1 saturated heterocycles. The highest BCUT2D eigenvalue weighted by Crippen LogP contribution is 2.12. The first-order valence-corrected chi connectivity index (χ1v) is 7.67. The predicted octanol–water partition coefficient (Wildman–Crippen LogP) is 1.06. The maximum absolute atomic E-state index is 11.9. The molecule has 1 aliphatic heterocycles. The number of methoxy groups -OCH3 is 1. The molecule has 1 heterocycles. The van der Waals surface area contributed by atoms with Crippen LogP contribution in [0, 0.1) is 0 Å². The van der Waals surface area contributed by atoms with E-state index in [0.717, 1.165) is 30.2 Å². The third-order valence-electron chi connectivity index (χ3n) is 3.09. The SMILES string of the molecule is COc1cccc(CCNC(=O)C2CSCCN2)c1. The molecule has 0 spiro atoms. The lowest BCUT2D eigenvalue weighted by Crippen LogP contribution is -2.49. The Labute approximate surface area is 118 Å². The molecular weight excluding hydrogens is 260 g/mol. The number of rotatable bonds is 5. The number of nitrogens with one attached hydrogen (secondary N) is 2. The van der Waals surface area contributed by atoms with E-state index in [0.29, 0.717) is 6.54 Å². The Hall–Kier alpha value is -1.20. The molecule has 4 nitrogen and oxygen atoms in total. The summed E-state index contributed by atoms with van der Waals surface area (Å²) in [6.07, 6.45) is 0.822. The largest absolute Gasteiger partial charge is 0.497 e. The second-order valence-corrected chi connectivity index (χ2v) is 5.62. The van der Waals surface area contributed by atoms with Gasteiger partial charge in [-0.05, 0) is 24.1 Å². The molecule has 1 fully saturated rings. The summed E-state index contributed by atoms with van der Waals surface area (Å²) in [5.74, 6) is 2.92. The van der Waals surface area contributed by atoms with Crippen molar-refractivity contribution in [3.8, 4) is 5.75 Å². The maximum atomic E-state index is 11.9. The summed E-state index contributed by atoms with van der Waals surface area (Å²) in [6, 6.07) is 7.90. The first kappa shape index (κ1) is 14.2. The molecule has 0 radical (unpaired) electrons. The molecule has 2 N–H and O–H groups in total. The molecule has 0 saturated carbocycles. The fourth-order valence-electron chi connectivity index (χ4n) is 2.02. The Balaban J connectivity index is 1.74. The standard InChI is InChI=1S/C14H20N2O2S/c1-18-12-4-2-3-11(9-12)5-6-16-14(17)13-10-19-8-7-15-13/h2-4,9,13,15H,5-8,10H2,1H3,(H,16,17). The number of carbonyl (C=O) groups is 1. The van der Waals surface area contributed by atoms with Crippen molar-refractivity contribution in [2.45, 2.75) is 12.5 Å². The molecule has 1 unspecified atom stereocenters. The minimum Gasteiger partial charge on any atom is -0.497 e. The molecule has 1 atom stereocenters. The summed E-state index contributed by atoms with van der Waals surface area (Å²) in [5, 5.41) is 6.22. The number of ether oxygens (including phenoxy) is 1. The number of benzene rings is 1. The van der Waals surface area contributed by atoms with E-state index in [-0.39, 0.29) is 11.9 Å². The first-order valence-electron chi connectivity index (χ1n) is 6.51. The normalized spacial score (nSPS) is 18.9. The van der Waals surface area contributed by atoms with Crippen LogP contribution in [0.1, 0.15) is 5.56 Å². The van der Waals surface area contributed by atoms with E-state index < -0.39 is 0 Å². The number of thioether (sulfide) groups is 1. The van der Waals surface area contributed by atoms with E-state index >= 15 is 0 Å². The van der Waals surface area contributed by atoms with Crippen molar-refractivity contribution in [3.63, 3.8) is 0 Å². The summed E-state index contributed by atoms with van der Waals surface area (Å²) in [4.78, 5) is 11.9. The van der Waals surface area contributed by atoms with Gasteiger partial charge < -0.3 is 15.4 Å². The molecule has 1 aliphatic rings. The molecule has 1 amide bonds. The molecule has 0 aromatic heterocycles. The van der Waals surface area contributed by atoms with Gasteiger partial charge in [-0.15, -0.1) is 0 Å². The summed E-state index contributed by atoms with van der Waals surface area (Å²) in [5.41, 5.74) is 1.17. The number of hydrogen-bond acceptors (Lipinski definition) is 4. The lowest BCUT2D eigenvalue weighted by Gasteiger charge is -2.22. The van der Waals surface area contributed by atoms with E-state index in [9.17, 15) is 4.79 Å². The van der Waals surface area contributed by atoms with E-state index in [2.05, 4.69) is 10.6 Å². The van der Waals surface area contributed by atoms with Crippen LogP contribution < -0.4 is 15.4 Å². The van der Waals surface area contributed by atoms with Crippen LogP contribution in [0.25, 0.3) is 0 Å². The second-order valence-electron chi connectivity index (χ2n) is 4.47. The van der Waals surface area contributed by atoms with E-state index in [4.69, 9.17) is 4.74 Å². The van der Waals surface area contributed by atoms with Crippen molar-refractivity contribution >= 4 is 17.7 Å². The van der Waals surface area contributed by atoms with Gasteiger partial charge >= 0.3 is 0 Å². The van der Waals surface area contributed by atoms with E-state index in [1.165, 1.54) is 5.56 Å². The molecule has 1 aromatic carbocycles. The topological polar surface area (TPSA) is 50.4 Å². The van der Waals surface area contributed by atoms with Crippen molar-refractivity contribution in [2.75, 3.05) is 31.7 Å². The Morgan fingerprint density at radius 1 is 1.58 bits per heavy atom. The minimum absolute atomic E-state index is 0.0379. The van der Waals surface area contributed by atoms with Crippen molar-refractivity contribution in [2.24, 2.45) is 0 Å². The van der Waals surface area contributed by atoms with Gasteiger partial charge in [-0.2, -0.15) is 11.8 Å². The van der Waals surface area contributed by atoms with Crippen LogP contribution in [0.3, 0.4) is 0 Å². The van der Waals surface area contributed by atoms with E-state index in [1.807, 2.05) is 36.0 Å². The fraction of sp³-hybridized carbons (Fsp3) is 0.500. The molecule has 5 heteroatoms. The maximum Gasteiger partial charge on any atom is 0.238 e. The molecule has 104 valence electrons. The van der Waals surface area contributed by atoms with Crippen LogP contribution in [0.2, 0.25) is 0 Å². The van der Waals surface area contributed by atoms with Crippen LogP contribution >= 0.6 is 11.8 Å². The van der Waals surface area contributed by atoms with Gasteiger partial charge in [0.15, 0.2) is 0 Å². The highest BCUT2D eigenvalue weighted by molar-refractivity contribution is 7.99. The van der Waals surface area contributed by atoms with Crippen molar-refractivity contribution in [1.82, 2.24) is 10.6 Å². The van der Waals surface area contributed by atoms with Crippen molar-refractivity contribution in [1.29, 1.82) is 0 Å². The lowest BCUT2D eigenvalue weighted by atomic mass is 10.1. The van der Waals surface area contributed by atoms with Gasteiger partial charge in [0, 0.05) is 24.6 Å². The molecule has 19 heavy (non-hydrogen) atoms. The quantitative estimate of drug-likeness (QED) is 0.847. The van der Waals surface area contributed by atoms with Gasteiger partial charge in [-0.3, -0.25) is 4.79 Å². The molecule has 0 bridgehead atoms. The zero-order valence-corrected chi connectivity index (χ0v) is 12.0. The van der Waals surface area contributed by atoms with E-state index in [1.54, 1.807) is 7.11 Å². The lowest BCUT2D eigenvalue weighted by molar-refractivity contribution is -0.122. The summed E-state index contributed by atoms with van der Waals surface area (Å²) < 4.78 is 5.18. The fourth-order valence-corrected chi connectivity index (χ4v) is 2.95. The average Bonchev–Trinajstić information content (AvgIpc) is 2.48. The Kier molecular flexibility index (Phi) is 5.54. The van der Waals surface area contributed by atoms with Crippen molar-refractivity contribution in [3.05, 3.63) is 29.8 Å². The average molecular weight is 280 g/mol. The van der Waals surface area contributed by atoms with Gasteiger partial charge in [0.05, 0.1) is 13.2 Å². The Bertz CT molecular complexity index is 420. The van der Waals surface area contributed by atoms with Crippen LogP contribution in [0.4, 0.5) is 0 Å². The third kappa shape index (κ3) is 4.44. The van der Waals surface area contributed by atoms with Gasteiger partial charge in [0.2, 0.25) is 5.91 Å². The first-order chi connectivity index (χ1) is 9.29. The van der Waals surface area contributed by atoms with Gasteiger partial charge in [0.25, 0.3) is 0 Å². The third-order valence-corrected chi connectivity index (χ3v) is 4.15. The zero-order chi connectivity index (χ0) is 13.5. The highest BCUT2D eigenvalue weighted by Gasteiger charge is 2.19. The summed E-state index contributed by atoms with van der Waals surface area (Å²) >= 11 is 1.83. The highest BCUT2D eigenvalue weighted by atomic mass is 32.2. The summed E-state index contributed by atoms with van der Waals surface area (Å²) in [6.45, 7) is 1.58. The number of amides is 1. The van der Waals surface area contributed by atoms with Crippen LogP contribution in [0.15, 0.2) is 24.3 Å². The van der Waals surface area contributed by atoms with Gasteiger partial charge in [0.1, 0.15) is 5.75 Å². The summed E-state index contributed by atoms with van der Waals surface area (Å²) in [7, 11) is 1.66. The monoisotopic (exact) mass is 280 g/mol. The Morgan fingerprint density at radius 3 is 3.21 bits per heavy atom. The van der Waals surface area contributed by atoms with Crippen LogP contribution in [-0.4, -0.2) is 43.7 Å². The Morgan fingerprint density at radius 2 is 2.47 bits per heavy atom. The van der Waals surface area contributed by atoms with Gasteiger partial charge in [-0.25, -0.2) is 0 Å². The molecular formula is C14H20N2O2S. The van der Waals surface area contributed by atoms with Crippen molar-refractivity contribution < 1.29 is 9.53 Å².